The summed E-state index contributed by atoms with van der Waals surface area (Å²) in [6.45, 7) is 6.71. The highest BCUT2D eigenvalue weighted by atomic mass is 16.2. The van der Waals surface area contributed by atoms with Gasteiger partial charge in [0.25, 0.3) is 11.5 Å². The fourth-order valence-electron chi connectivity index (χ4n) is 3.04. The molecule has 3 rings (SSSR count). The number of rotatable bonds is 4. The van der Waals surface area contributed by atoms with Crippen LogP contribution in [0.5, 0.6) is 0 Å². The molecule has 0 N–H and O–H groups in total. The zero-order valence-electron chi connectivity index (χ0n) is 14.7. The van der Waals surface area contributed by atoms with Gasteiger partial charge in [-0.1, -0.05) is 12.1 Å². The van der Waals surface area contributed by atoms with E-state index in [-0.39, 0.29) is 17.0 Å². The minimum Gasteiger partial charge on any atom is -0.308 e. The van der Waals surface area contributed by atoms with Crippen molar-refractivity contribution in [2.24, 2.45) is 0 Å². The minimum absolute atomic E-state index is 0.172. The lowest BCUT2D eigenvalue weighted by Gasteiger charge is -2.22. The highest BCUT2D eigenvalue weighted by Crippen LogP contribution is 2.19. The monoisotopic (exact) mass is 335 g/mol. The number of carbonyl (C=O) groups excluding carboxylic acids is 1. The van der Waals surface area contributed by atoms with Gasteiger partial charge in [0.1, 0.15) is 11.2 Å². The molecule has 0 fully saturated rings. The van der Waals surface area contributed by atoms with Gasteiger partial charge in [0, 0.05) is 30.4 Å². The van der Waals surface area contributed by atoms with E-state index in [1.54, 1.807) is 27.8 Å². The summed E-state index contributed by atoms with van der Waals surface area (Å²) in [4.78, 5) is 31.9. The van der Waals surface area contributed by atoms with Crippen molar-refractivity contribution in [3.8, 4) is 0 Å². The fraction of sp³-hybridized carbons (Fsp3) is 0.250. The Morgan fingerprint density at radius 2 is 1.96 bits per heavy atom. The molecule has 5 heteroatoms. The van der Waals surface area contributed by atoms with E-state index in [1.165, 1.54) is 0 Å². The molecule has 128 valence electrons. The molecule has 1 aromatic carbocycles. The topological polar surface area (TPSA) is 55.2 Å². The third kappa shape index (κ3) is 3.05. The highest BCUT2D eigenvalue weighted by Gasteiger charge is 2.21. The number of pyridine rings is 2. The second-order valence-corrected chi connectivity index (χ2v) is 5.91. The molecule has 0 spiro atoms. The zero-order valence-corrected chi connectivity index (χ0v) is 14.7. The number of hydrogen-bond acceptors (Lipinski definition) is 3. The molecule has 1 amide bonds. The average Bonchev–Trinajstić information content (AvgIpc) is 2.62. The first-order chi connectivity index (χ1) is 12.1. The molecule has 0 aliphatic heterocycles. The second-order valence-electron chi connectivity index (χ2n) is 5.91. The Hall–Kier alpha value is -2.95. The summed E-state index contributed by atoms with van der Waals surface area (Å²) < 4.78 is 1.55. The van der Waals surface area contributed by atoms with Crippen molar-refractivity contribution in [1.29, 1.82) is 0 Å². The van der Waals surface area contributed by atoms with Gasteiger partial charge < -0.3 is 4.90 Å². The number of nitrogens with zero attached hydrogens (tertiary/aromatic N) is 3. The number of carbonyl (C=O) groups is 1. The molecule has 0 saturated heterocycles. The van der Waals surface area contributed by atoms with Gasteiger partial charge in [-0.05, 0) is 56.7 Å². The molecule has 0 atom stereocenters. The maximum absolute atomic E-state index is 13.1. The van der Waals surface area contributed by atoms with Crippen molar-refractivity contribution in [2.45, 2.75) is 27.3 Å². The van der Waals surface area contributed by atoms with Crippen LogP contribution in [0.25, 0.3) is 11.0 Å². The predicted molar refractivity (Wildman–Crippen MR) is 100 cm³/mol. The van der Waals surface area contributed by atoms with E-state index in [2.05, 4.69) is 4.98 Å². The molecular formula is C20H21N3O2. The standard InChI is InChI=1S/C20H21N3O2/c1-4-22(16-10-6-8-14(3)12-16)19(24)17-13-15-9-7-11-21-18(15)23(5-2)20(17)25/h6-13H,4-5H2,1-3H3. The Balaban J connectivity index is 2.16. The summed E-state index contributed by atoms with van der Waals surface area (Å²) in [5.74, 6) is -0.286. The van der Waals surface area contributed by atoms with Gasteiger partial charge in [0.15, 0.2) is 0 Å². The lowest BCUT2D eigenvalue weighted by Crippen LogP contribution is -2.37. The summed E-state index contributed by atoms with van der Waals surface area (Å²) in [5.41, 5.74) is 2.33. The van der Waals surface area contributed by atoms with E-state index in [4.69, 9.17) is 0 Å². The molecule has 0 unspecified atom stereocenters. The maximum Gasteiger partial charge on any atom is 0.265 e. The van der Waals surface area contributed by atoms with Crippen molar-refractivity contribution in [3.63, 3.8) is 0 Å². The first-order valence-corrected chi connectivity index (χ1v) is 8.44. The van der Waals surface area contributed by atoms with Gasteiger partial charge in [-0.25, -0.2) is 4.98 Å². The lowest BCUT2D eigenvalue weighted by atomic mass is 10.1. The Morgan fingerprint density at radius 1 is 1.16 bits per heavy atom. The quantitative estimate of drug-likeness (QED) is 0.734. The summed E-state index contributed by atoms with van der Waals surface area (Å²) in [7, 11) is 0. The van der Waals surface area contributed by atoms with E-state index in [0.717, 1.165) is 16.6 Å². The number of hydrogen-bond donors (Lipinski definition) is 0. The zero-order chi connectivity index (χ0) is 18.0. The smallest absolute Gasteiger partial charge is 0.265 e. The van der Waals surface area contributed by atoms with Gasteiger partial charge in [-0.15, -0.1) is 0 Å². The summed E-state index contributed by atoms with van der Waals surface area (Å²) in [6.07, 6.45) is 1.65. The maximum atomic E-state index is 13.1. The van der Waals surface area contributed by atoms with Crippen molar-refractivity contribution in [3.05, 3.63) is 70.1 Å². The Bertz CT molecular complexity index is 992. The third-order valence-electron chi connectivity index (χ3n) is 4.27. The molecular weight excluding hydrogens is 314 g/mol. The van der Waals surface area contributed by atoms with Gasteiger partial charge >= 0.3 is 0 Å². The fourth-order valence-corrected chi connectivity index (χ4v) is 3.04. The van der Waals surface area contributed by atoms with Gasteiger partial charge in [0.05, 0.1) is 0 Å². The van der Waals surface area contributed by atoms with Crippen LogP contribution in [0.3, 0.4) is 0 Å². The Morgan fingerprint density at radius 3 is 2.64 bits per heavy atom. The molecule has 3 aromatic rings. The van der Waals surface area contributed by atoms with Crippen LogP contribution in [0.15, 0.2) is 53.5 Å². The number of fused-ring (bicyclic) bond motifs is 1. The van der Waals surface area contributed by atoms with E-state index in [1.807, 2.05) is 51.1 Å². The summed E-state index contributed by atoms with van der Waals surface area (Å²) in [5, 5.41) is 0.785. The third-order valence-corrected chi connectivity index (χ3v) is 4.27. The first-order valence-electron chi connectivity index (χ1n) is 8.44. The highest BCUT2D eigenvalue weighted by molar-refractivity contribution is 6.07. The van der Waals surface area contributed by atoms with Crippen LogP contribution in [-0.2, 0) is 6.54 Å². The average molecular weight is 335 g/mol. The Labute approximate surface area is 146 Å². The van der Waals surface area contributed by atoms with Crippen molar-refractivity contribution < 1.29 is 4.79 Å². The van der Waals surface area contributed by atoms with E-state index in [0.29, 0.717) is 18.7 Å². The molecule has 25 heavy (non-hydrogen) atoms. The van der Waals surface area contributed by atoms with E-state index in [9.17, 15) is 9.59 Å². The SMILES string of the molecule is CCN(C(=O)c1cc2cccnc2n(CC)c1=O)c1cccc(C)c1. The predicted octanol–water partition coefficient (Wildman–Crippen LogP) is 3.39. The molecule has 2 heterocycles. The van der Waals surface area contributed by atoms with Crippen LogP contribution in [0.1, 0.15) is 29.8 Å². The first kappa shape index (κ1) is 16.9. The lowest BCUT2D eigenvalue weighted by molar-refractivity contribution is 0.0986. The minimum atomic E-state index is -0.301. The normalized spacial score (nSPS) is 10.8. The Kier molecular flexibility index (Phi) is 4.65. The van der Waals surface area contributed by atoms with E-state index < -0.39 is 0 Å². The summed E-state index contributed by atoms with van der Waals surface area (Å²) >= 11 is 0. The van der Waals surface area contributed by atoms with Crippen LogP contribution in [-0.4, -0.2) is 22.0 Å². The number of benzene rings is 1. The van der Waals surface area contributed by atoms with Crippen LogP contribution in [0.2, 0.25) is 0 Å². The summed E-state index contributed by atoms with van der Waals surface area (Å²) in [6, 6.07) is 13.0. The molecule has 0 aliphatic carbocycles. The van der Waals surface area contributed by atoms with Gasteiger partial charge in [-0.2, -0.15) is 0 Å². The van der Waals surface area contributed by atoms with Crippen molar-refractivity contribution in [1.82, 2.24) is 9.55 Å². The van der Waals surface area contributed by atoms with Crippen LogP contribution < -0.4 is 10.5 Å². The van der Waals surface area contributed by atoms with Crippen LogP contribution in [0, 0.1) is 6.92 Å². The number of anilines is 1. The van der Waals surface area contributed by atoms with Crippen molar-refractivity contribution >= 4 is 22.6 Å². The van der Waals surface area contributed by atoms with Gasteiger partial charge in [0.2, 0.25) is 0 Å². The molecule has 0 radical (unpaired) electrons. The number of aromatic nitrogens is 2. The second kappa shape index (κ2) is 6.89. The molecule has 5 nitrogen and oxygen atoms in total. The van der Waals surface area contributed by atoms with Crippen LogP contribution in [0.4, 0.5) is 5.69 Å². The number of aryl methyl sites for hydroxylation is 2. The van der Waals surface area contributed by atoms with Gasteiger partial charge in [-0.3, -0.25) is 14.2 Å². The molecule has 0 saturated carbocycles. The van der Waals surface area contributed by atoms with E-state index >= 15 is 0 Å². The molecule has 0 bridgehead atoms. The largest absolute Gasteiger partial charge is 0.308 e. The number of amides is 1. The molecule has 2 aromatic heterocycles. The van der Waals surface area contributed by atoms with Crippen LogP contribution >= 0.6 is 0 Å². The molecule has 0 aliphatic rings. The van der Waals surface area contributed by atoms with Crippen molar-refractivity contribution in [2.75, 3.05) is 11.4 Å².